The number of nitrogens with zero attached hydrogens (tertiary/aromatic N) is 1. The van der Waals surface area contributed by atoms with Crippen molar-refractivity contribution in [3.63, 3.8) is 0 Å². The van der Waals surface area contributed by atoms with Gasteiger partial charge in [-0.1, -0.05) is 31.8 Å². The molecular weight excluding hydrogens is 604 g/mol. The average Bonchev–Trinajstić information content (AvgIpc) is 2.94. The fraction of sp³-hybridized carbons (Fsp3) is 0.516. The van der Waals surface area contributed by atoms with E-state index in [0.29, 0.717) is 23.2 Å². The molecule has 6 amide bonds. The monoisotopic (exact) mass is 646 g/mol. The van der Waals surface area contributed by atoms with Gasteiger partial charge in [-0.15, -0.1) is 24.4 Å². The van der Waals surface area contributed by atoms with E-state index in [9.17, 15) is 24.0 Å². The number of ether oxygens (including phenoxy) is 2. The van der Waals surface area contributed by atoms with Crippen LogP contribution in [0.2, 0.25) is 0 Å². The van der Waals surface area contributed by atoms with Crippen LogP contribution in [0.3, 0.4) is 0 Å². The quantitative estimate of drug-likeness (QED) is 0.110. The van der Waals surface area contributed by atoms with Crippen LogP contribution < -0.4 is 27.0 Å². The number of urea groups is 1. The van der Waals surface area contributed by atoms with E-state index in [2.05, 4.69) is 33.1 Å². The molecule has 0 fully saturated rings. The molecular formula is C31H43ClN6O7. The zero-order chi connectivity index (χ0) is 34.2. The van der Waals surface area contributed by atoms with Gasteiger partial charge in [0.05, 0.1) is 13.1 Å². The first kappa shape index (κ1) is 38.4. The smallest absolute Gasteiger partial charge is 0.411 e. The first-order valence-corrected chi connectivity index (χ1v) is 14.8. The van der Waals surface area contributed by atoms with Gasteiger partial charge in [-0.3, -0.25) is 14.5 Å². The number of terminal acetylenes is 2. The number of alkyl carbamates (subject to hydrolysis) is 1. The maximum absolute atomic E-state index is 13.5. The van der Waals surface area contributed by atoms with E-state index in [4.69, 9.17) is 39.7 Å². The number of nitrogens with one attached hydrogen (secondary N) is 4. The van der Waals surface area contributed by atoms with Crippen LogP contribution in [-0.4, -0.2) is 72.3 Å². The fourth-order valence-electron chi connectivity index (χ4n) is 3.92. The lowest BCUT2D eigenvalue weighted by atomic mass is 10.0. The molecule has 0 aromatic heterocycles. The van der Waals surface area contributed by atoms with Crippen molar-refractivity contribution >= 4 is 47.3 Å². The molecule has 14 heteroatoms. The van der Waals surface area contributed by atoms with Crippen molar-refractivity contribution in [3.8, 4) is 24.7 Å². The summed E-state index contributed by atoms with van der Waals surface area (Å²) in [7, 11) is 0. The zero-order valence-electron chi connectivity index (χ0n) is 26.3. The molecule has 0 bridgehead atoms. The Kier molecular flexibility index (Phi) is 16.1. The van der Waals surface area contributed by atoms with Crippen molar-refractivity contribution in [1.82, 2.24) is 20.9 Å². The third-order valence-electron chi connectivity index (χ3n) is 6.02. The summed E-state index contributed by atoms with van der Waals surface area (Å²) in [6.07, 6.45) is 9.53. The summed E-state index contributed by atoms with van der Waals surface area (Å²) in [5, 5.41) is 10.5. The van der Waals surface area contributed by atoms with E-state index in [-0.39, 0.29) is 44.5 Å². The molecule has 0 aliphatic heterocycles. The number of primary amides is 1. The lowest BCUT2D eigenvalue weighted by molar-refractivity contribution is -0.128. The molecule has 0 radical (unpaired) electrons. The van der Waals surface area contributed by atoms with Crippen molar-refractivity contribution in [3.05, 3.63) is 29.3 Å². The maximum Gasteiger partial charge on any atom is 0.411 e. The lowest BCUT2D eigenvalue weighted by Crippen LogP contribution is -2.55. The molecule has 1 aromatic carbocycles. The van der Waals surface area contributed by atoms with Gasteiger partial charge in [-0.2, -0.15) is 0 Å². The van der Waals surface area contributed by atoms with Crippen molar-refractivity contribution in [2.75, 3.05) is 25.0 Å². The summed E-state index contributed by atoms with van der Waals surface area (Å²) in [5.41, 5.74) is 5.97. The van der Waals surface area contributed by atoms with Gasteiger partial charge >= 0.3 is 18.2 Å². The molecule has 0 aliphatic carbocycles. The second kappa shape index (κ2) is 18.9. The number of anilines is 1. The third-order valence-corrected chi connectivity index (χ3v) is 6.31. The number of nitrogens with two attached hydrogens (primary N) is 1. The number of hydrogen-bond donors (Lipinski definition) is 5. The molecule has 6 N–H and O–H groups in total. The van der Waals surface area contributed by atoms with Gasteiger partial charge in [-0.25, -0.2) is 14.4 Å². The first-order chi connectivity index (χ1) is 21.1. The molecule has 45 heavy (non-hydrogen) atoms. The van der Waals surface area contributed by atoms with Gasteiger partial charge in [0.1, 0.15) is 17.7 Å². The van der Waals surface area contributed by atoms with Gasteiger partial charge in [-0.05, 0) is 62.8 Å². The number of amides is 6. The Bertz CT molecular complexity index is 1280. The average molecular weight is 647 g/mol. The summed E-state index contributed by atoms with van der Waals surface area (Å²) in [6.45, 7) is 8.44. The van der Waals surface area contributed by atoms with Crippen molar-refractivity contribution in [2.24, 2.45) is 11.7 Å². The number of halogens is 1. The largest absolute Gasteiger partial charge is 0.444 e. The van der Waals surface area contributed by atoms with Crippen LogP contribution >= 0.6 is 11.6 Å². The Labute approximate surface area is 269 Å². The van der Waals surface area contributed by atoms with Crippen LogP contribution in [0.15, 0.2) is 18.2 Å². The molecule has 0 aliphatic rings. The highest BCUT2D eigenvalue weighted by Gasteiger charge is 2.30. The zero-order valence-corrected chi connectivity index (χ0v) is 27.1. The van der Waals surface area contributed by atoms with Crippen LogP contribution in [0.1, 0.15) is 58.6 Å². The number of alkyl halides is 1. The Morgan fingerprint density at radius 2 is 1.73 bits per heavy atom. The standard InChI is InChI=1S/C31H43ClN6O7/c1-8-15-38(30(43)44-16-9-2)19-22-17-23(13-12-21(22)18-32)35-26(39)24(11-10-14-34-28(33)41)36-27(40)25(20(3)4)37-29(42)45-31(5,6)7/h1-2,12-13,17,20,24-25H,10-11,14-16,18-19H2,3-7H3,(H,35,39)(H,36,40)(H,37,42)(H3,33,34,41). The molecule has 0 heterocycles. The molecule has 0 spiro atoms. The van der Waals surface area contributed by atoms with Gasteiger partial charge < -0.3 is 36.5 Å². The van der Waals surface area contributed by atoms with Gasteiger partial charge in [0, 0.05) is 18.1 Å². The van der Waals surface area contributed by atoms with Crippen LogP contribution in [0, 0.1) is 30.6 Å². The minimum atomic E-state index is -1.07. The van der Waals surface area contributed by atoms with E-state index < -0.39 is 47.7 Å². The predicted octanol–water partition coefficient (Wildman–Crippen LogP) is 3.05. The Hall–Kier alpha value is -4.62. The lowest BCUT2D eigenvalue weighted by Gasteiger charge is -2.27. The van der Waals surface area contributed by atoms with E-state index in [1.165, 1.54) is 4.90 Å². The van der Waals surface area contributed by atoms with Crippen LogP contribution in [0.25, 0.3) is 0 Å². The van der Waals surface area contributed by atoms with Crippen LogP contribution in [0.5, 0.6) is 0 Å². The number of carbonyl (C=O) groups is 5. The molecule has 13 nitrogen and oxygen atoms in total. The fourth-order valence-corrected chi connectivity index (χ4v) is 4.18. The molecule has 2 atom stereocenters. The Morgan fingerprint density at radius 3 is 2.29 bits per heavy atom. The summed E-state index contributed by atoms with van der Waals surface area (Å²) < 4.78 is 10.3. The first-order valence-electron chi connectivity index (χ1n) is 14.2. The third kappa shape index (κ3) is 14.6. The molecule has 1 rings (SSSR count). The predicted molar refractivity (Wildman–Crippen MR) is 171 cm³/mol. The minimum absolute atomic E-state index is 0.0186. The summed E-state index contributed by atoms with van der Waals surface area (Å²) in [4.78, 5) is 64.0. The molecule has 246 valence electrons. The summed E-state index contributed by atoms with van der Waals surface area (Å²) in [6, 6.07) is 2.13. The van der Waals surface area contributed by atoms with Crippen LogP contribution in [-0.2, 0) is 31.5 Å². The van der Waals surface area contributed by atoms with Crippen LogP contribution in [0.4, 0.5) is 20.1 Å². The Morgan fingerprint density at radius 1 is 1.04 bits per heavy atom. The molecule has 0 saturated heterocycles. The molecule has 0 saturated carbocycles. The highest BCUT2D eigenvalue weighted by atomic mass is 35.5. The normalized spacial score (nSPS) is 12.0. The number of hydrogen-bond acceptors (Lipinski definition) is 7. The SMILES string of the molecule is C#CCOC(=O)N(CC#C)Cc1cc(NC(=O)C(CCCNC(N)=O)NC(=O)C(NC(=O)OC(C)(C)C)C(C)C)ccc1CCl. The summed E-state index contributed by atoms with van der Waals surface area (Å²) >= 11 is 6.13. The van der Waals surface area contributed by atoms with Gasteiger partial charge in [0.2, 0.25) is 11.8 Å². The van der Waals surface area contributed by atoms with Crippen molar-refractivity contribution in [1.29, 1.82) is 0 Å². The number of rotatable bonds is 15. The van der Waals surface area contributed by atoms with Gasteiger partial charge in [0.25, 0.3) is 0 Å². The second-order valence-electron chi connectivity index (χ2n) is 11.3. The number of benzene rings is 1. The maximum atomic E-state index is 13.5. The van der Waals surface area contributed by atoms with Crippen molar-refractivity contribution < 1.29 is 33.4 Å². The topological polar surface area (TPSA) is 181 Å². The van der Waals surface area contributed by atoms with E-state index in [1.807, 2.05) is 0 Å². The molecule has 2 unspecified atom stereocenters. The Balaban J connectivity index is 3.23. The van der Waals surface area contributed by atoms with Gasteiger partial charge in [0.15, 0.2) is 6.61 Å². The minimum Gasteiger partial charge on any atom is -0.444 e. The van der Waals surface area contributed by atoms with E-state index in [0.717, 1.165) is 0 Å². The molecule has 1 aromatic rings. The van der Waals surface area contributed by atoms with E-state index in [1.54, 1.807) is 52.8 Å². The number of carbonyl (C=O) groups excluding carboxylic acids is 5. The highest BCUT2D eigenvalue weighted by molar-refractivity contribution is 6.17. The van der Waals surface area contributed by atoms with E-state index >= 15 is 0 Å². The second-order valence-corrected chi connectivity index (χ2v) is 11.6. The summed E-state index contributed by atoms with van der Waals surface area (Å²) in [5.74, 6) is 3.21. The van der Waals surface area contributed by atoms with Crippen molar-refractivity contribution in [2.45, 2.75) is 77.6 Å². The highest BCUT2D eigenvalue weighted by Crippen LogP contribution is 2.21.